The number of anilines is 3. The number of benzene rings is 4. The van der Waals surface area contributed by atoms with Crippen LogP contribution in [-0.2, 0) is 17.5 Å². The van der Waals surface area contributed by atoms with Crippen molar-refractivity contribution in [3.05, 3.63) is 147 Å². The number of nitrogens with zero attached hydrogens (tertiary/aromatic N) is 8. The number of alkyl halides is 3. The van der Waals surface area contributed by atoms with E-state index in [1.165, 1.54) is 36.1 Å². The lowest BCUT2D eigenvalue weighted by molar-refractivity contribution is -0.384. The minimum Gasteiger partial charge on any atom is -0.444 e. The zero-order valence-electron chi connectivity index (χ0n) is 27.3. The minimum atomic E-state index is -4.73. The molecule has 0 bridgehead atoms. The Morgan fingerprint density at radius 1 is 0.943 bits per heavy atom. The Morgan fingerprint density at radius 2 is 1.64 bits per heavy atom. The molecule has 53 heavy (non-hydrogen) atoms. The second kappa shape index (κ2) is 14.4. The number of nitro benzene ring substituents is 1. The van der Waals surface area contributed by atoms with E-state index in [4.69, 9.17) is 9.47 Å². The summed E-state index contributed by atoms with van der Waals surface area (Å²) in [4.78, 5) is 44.0. The number of hydrogen-bond acceptors (Lipinski definition) is 11. The first-order chi connectivity index (χ1) is 25.4. The molecule has 14 nitrogen and oxygen atoms in total. The van der Waals surface area contributed by atoms with Crippen LogP contribution in [0.4, 0.5) is 46.0 Å². The molecule has 1 aliphatic rings. The summed E-state index contributed by atoms with van der Waals surface area (Å²) in [7, 11) is 0. The molecule has 17 heteroatoms. The third-order valence-electron chi connectivity index (χ3n) is 7.98. The number of ether oxygens (including phenoxy) is 2. The number of carbonyl (C=O) groups is 2. The summed E-state index contributed by atoms with van der Waals surface area (Å²) in [6.07, 6.45) is -7.44. The van der Waals surface area contributed by atoms with Crippen molar-refractivity contribution in [1.29, 1.82) is 10.5 Å². The number of fused-ring (bicyclic) bond motifs is 1. The maximum Gasteiger partial charge on any atom is 0.432 e. The van der Waals surface area contributed by atoms with Crippen molar-refractivity contribution >= 4 is 35.5 Å². The summed E-state index contributed by atoms with van der Waals surface area (Å²) in [6, 6.07) is 26.2. The molecule has 5 aromatic rings. The average molecular weight is 721 g/mol. The van der Waals surface area contributed by atoms with Gasteiger partial charge in [-0.1, -0.05) is 48.5 Å². The van der Waals surface area contributed by atoms with Crippen LogP contribution in [0.15, 0.2) is 114 Å². The molecule has 0 radical (unpaired) electrons. The van der Waals surface area contributed by atoms with Crippen LogP contribution in [-0.4, -0.2) is 31.9 Å². The molecule has 2 amide bonds. The first-order valence-electron chi connectivity index (χ1n) is 15.4. The van der Waals surface area contributed by atoms with Gasteiger partial charge in [0, 0.05) is 23.5 Å². The number of carbonyl (C=O) groups excluding carboxylic acids is 2. The van der Waals surface area contributed by atoms with Gasteiger partial charge in [-0.25, -0.2) is 14.3 Å². The molecule has 0 N–H and O–H groups in total. The van der Waals surface area contributed by atoms with Crippen molar-refractivity contribution in [2.24, 2.45) is 0 Å². The molecule has 0 fully saturated rings. The molecular formula is C36H23F3N8O6. The second-order valence-corrected chi connectivity index (χ2v) is 11.3. The summed E-state index contributed by atoms with van der Waals surface area (Å²) in [6.45, 7) is 1.18. The topological polar surface area (TPSA) is 181 Å². The van der Waals surface area contributed by atoms with E-state index in [0.717, 1.165) is 41.1 Å². The van der Waals surface area contributed by atoms with E-state index < -0.39 is 40.8 Å². The molecule has 4 aromatic carbocycles. The molecule has 0 spiro atoms. The number of nitro groups is 1. The number of rotatable bonds is 7. The molecule has 1 atom stereocenters. The third kappa shape index (κ3) is 7.21. The Bertz CT molecular complexity index is 2330. The van der Waals surface area contributed by atoms with Gasteiger partial charge < -0.3 is 9.47 Å². The van der Waals surface area contributed by atoms with Crippen LogP contribution in [0, 0.1) is 32.8 Å². The summed E-state index contributed by atoms with van der Waals surface area (Å²) < 4.78 is 53.5. The Labute approximate surface area is 297 Å². The summed E-state index contributed by atoms with van der Waals surface area (Å²) in [5.41, 5.74) is 0.0590. The molecule has 1 aromatic heterocycles. The van der Waals surface area contributed by atoms with Gasteiger partial charge in [-0.05, 0) is 60.5 Å². The smallest absolute Gasteiger partial charge is 0.432 e. The summed E-state index contributed by atoms with van der Waals surface area (Å²) in [5, 5.41) is 35.4. The van der Waals surface area contributed by atoms with Gasteiger partial charge in [0.15, 0.2) is 0 Å². The van der Waals surface area contributed by atoms with Crippen LogP contribution in [0.5, 0.6) is 5.75 Å². The number of allylic oxidation sites excluding steroid dienone is 2. The van der Waals surface area contributed by atoms with E-state index in [2.05, 4.69) is 16.2 Å². The molecule has 0 unspecified atom stereocenters. The highest BCUT2D eigenvalue weighted by Crippen LogP contribution is 2.44. The van der Waals surface area contributed by atoms with Gasteiger partial charge in [-0.2, -0.15) is 28.7 Å². The average Bonchev–Trinajstić information content (AvgIpc) is 3.57. The highest BCUT2D eigenvalue weighted by atomic mass is 19.4. The molecule has 6 rings (SSSR count). The monoisotopic (exact) mass is 720 g/mol. The second-order valence-electron chi connectivity index (χ2n) is 11.3. The van der Waals surface area contributed by atoms with Gasteiger partial charge in [0.05, 0.1) is 33.8 Å². The lowest BCUT2D eigenvalue weighted by atomic mass is 9.95. The molecule has 0 aliphatic carbocycles. The van der Waals surface area contributed by atoms with Crippen molar-refractivity contribution in [3.8, 4) is 17.9 Å². The van der Waals surface area contributed by atoms with Crippen molar-refractivity contribution in [1.82, 2.24) is 14.8 Å². The Kier molecular flexibility index (Phi) is 9.57. The van der Waals surface area contributed by atoms with Gasteiger partial charge in [0.25, 0.3) is 11.6 Å². The quantitative estimate of drug-likeness (QED) is 0.118. The summed E-state index contributed by atoms with van der Waals surface area (Å²) >= 11 is 0. The van der Waals surface area contributed by atoms with Gasteiger partial charge in [-0.3, -0.25) is 15.0 Å². The van der Waals surface area contributed by atoms with Crippen molar-refractivity contribution < 1.29 is 37.2 Å². The fourth-order valence-corrected chi connectivity index (χ4v) is 5.44. The number of nitriles is 2. The van der Waals surface area contributed by atoms with Crippen LogP contribution in [0.3, 0.4) is 0 Å². The van der Waals surface area contributed by atoms with E-state index in [1.54, 1.807) is 42.5 Å². The lowest BCUT2D eigenvalue weighted by Crippen LogP contribution is -2.40. The largest absolute Gasteiger partial charge is 0.444 e. The number of non-ortho nitro benzene ring substituents is 1. The fourth-order valence-electron chi connectivity index (χ4n) is 5.44. The van der Waals surface area contributed by atoms with Crippen molar-refractivity contribution in [2.45, 2.75) is 25.7 Å². The normalized spacial score (nSPS) is 13.7. The highest BCUT2D eigenvalue weighted by Gasteiger charge is 2.40. The number of halogens is 3. The maximum absolute atomic E-state index is 13.9. The predicted octanol–water partition coefficient (Wildman–Crippen LogP) is 7.96. The van der Waals surface area contributed by atoms with Crippen molar-refractivity contribution in [3.63, 3.8) is 0 Å². The Morgan fingerprint density at radius 3 is 2.26 bits per heavy atom. The van der Waals surface area contributed by atoms with Crippen LogP contribution < -0.4 is 14.5 Å². The third-order valence-corrected chi connectivity index (χ3v) is 7.98. The molecule has 0 saturated carbocycles. The van der Waals surface area contributed by atoms with Gasteiger partial charge >= 0.3 is 18.4 Å². The van der Waals surface area contributed by atoms with Crippen LogP contribution >= 0.6 is 0 Å². The fraction of sp³-hybridized carbons (Fsp3) is 0.111. The van der Waals surface area contributed by atoms with Crippen LogP contribution in [0.25, 0.3) is 0 Å². The number of amides is 2. The zero-order chi connectivity index (χ0) is 37.9. The Hall–Kier alpha value is -7.53. The molecule has 0 saturated heterocycles. The van der Waals surface area contributed by atoms with E-state index >= 15 is 0 Å². The first kappa shape index (κ1) is 35.3. The maximum atomic E-state index is 13.9. The number of imide groups is 1. The molecule has 2 heterocycles. The first-order valence-corrected chi connectivity index (χ1v) is 15.4. The van der Waals surface area contributed by atoms with E-state index in [0.29, 0.717) is 21.6 Å². The van der Waals surface area contributed by atoms with E-state index in [-0.39, 0.29) is 40.9 Å². The number of hydrogen-bond donors (Lipinski definition) is 0. The molecule has 264 valence electrons. The standard InChI is InChI=1S/C36H23F3N8O6/c1-22-30(20-41)31(25-12-10-23(19-40)11-13-25)46-33(44(22)28-9-5-8-26(18-28)36(37,38)39)42-32(43-46)45(34(48)52-21-24-6-3-2-4-7-24)35(49)53-29-16-14-27(15-17-29)47(50)51/h2-18,31H,21H2,1H3/t31-/m1/s1. The van der Waals surface area contributed by atoms with Gasteiger partial charge in [0.2, 0.25) is 5.95 Å². The van der Waals surface area contributed by atoms with E-state index in [9.17, 15) is 43.4 Å². The SMILES string of the molecule is CC1=C(C#N)[C@@H](c2ccc(C#N)cc2)n2nc(N(C(=O)OCc3ccccc3)C(=O)Oc3ccc([N+](=O)[O-])cc3)nc2N1c1cccc(C(F)(F)F)c1. The summed E-state index contributed by atoms with van der Waals surface area (Å²) in [5.74, 6) is -1.04. The molecule has 1 aliphatic heterocycles. The van der Waals surface area contributed by atoms with E-state index in [1.807, 2.05) is 6.07 Å². The van der Waals surface area contributed by atoms with Crippen LogP contribution in [0.1, 0.15) is 35.2 Å². The zero-order valence-corrected chi connectivity index (χ0v) is 27.3. The van der Waals surface area contributed by atoms with Gasteiger partial charge in [-0.15, -0.1) is 10.00 Å². The van der Waals surface area contributed by atoms with Crippen LogP contribution in [0.2, 0.25) is 0 Å². The number of aromatic nitrogens is 3. The van der Waals surface area contributed by atoms with Gasteiger partial charge in [0.1, 0.15) is 18.4 Å². The minimum absolute atomic E-state index is 0.0164. The lowest BCUT2D eigenvalue weighted by Gasteiger charge is -2.34. The Balaban J connectivity index is 1.50. The molecular weight excluding hydrogens is 697 g/mol. The highest BCUT2D eigenvalue weighted by molar-refractivity contribution is 6.08. The van der Waals surface area contributed by atoms with Crippen molar-refractivity contribution in [2.75, 3.05) is 9.80 Å². The predicted molar refractivity (Wildman–Crippen MR) is 179 cm³/mol.